The lowest BCUT2D eigenvalue weighted by molar-refractivity contribution is -0.119. The molecule has 2 unspecified atom stereocenters. The number of hydrogen-bond acceptors (Lipinski definition) is 8. The first-order valence-corrected chi connectivity index (χ1v) is 9.71. The summed E-state index contributed by atoms with van der Waals surface area (Å²) in [4.78, 5) is 29.7. The predicted molar refractivity (Wildman–Crippen MR) is 108 cm³/mol. The average molecular weight is 421 g/mol. The van der Waals surface area contributed by atoms with Gasteiger partial charge in [-0.3, -0.25) is 14.7 Å². The summed E-state index contributed by atoms with van der Waals surface area (Å²) in [6, 6.07) is 9.10. The maximum absolute atomic E-state index is 12.5. The second-order valence-electron chi connectivity index (χ2n) is 7.35. The number of ether oxygens (including phenoxy) is 2. The summed E-state index contributed by atoms with van der Waals surface area (Å²) in [5.41, 5.74) is 3.10. The Morgan fingerprint density at radius 3 is 2.81 bits per heavy atom. The minimum absolute atomic E-state index is 0.175. The number of benzene rings is 1. The zero-order valence-corrected chi connectivity index (χ0v) is 16.8. The Morgan fingerprint density at radius 2 is 2.10 bits per heavy atom. The van der Waals surface area contributed by atoms with E-state index in [0.29, 0.717) is 23.0 Å². The number of tetrazole rings is 1. The number of aryl methyl sites for hydroxylation is 1. The number of rotatable bonds is 4. The zero-order chi connectivity index (χ0) is 21.5. The molecule has 3 aromatic rings. The number of nitrogens with zero attached hydrogens (tertiary/aromatic N) is 6. The van der Waals surface area contributed by atoms with E-state index in [-0.39, 0.29) is 25.1 Å². The van der Waals surface area contributed by atoms with Gasteiger partial charge in [0.25, 0.3) is 0 Å². The Labute approximate surface area is 177 Å². The Bertz CT molecular complexity index is 1160. The minimum Gasteiger partial charge on any atom is -0.489 e. The van der Waals surface area contributed by atoms with Crippen LogP contribution in [0.4, 0.5) is 10.5 Å². The van der Waals surface area contributed by atoms with Crippen LogP contribution >= 0.6 is 0 Å². The van der Waals surface area contributed by atoms with Gasteiger partial charge in [-0.2, -0.15) is 0 Å². The van der Waals surface area contributed by atoms with Gasteiger partial charge in [0.2, 0.25) is 5.91 Å². The van der Waals surface area contributed by atoms with Gasteiger partial charge in [0.15, 0.2) is 5.82 Å². The molecule has 0 aliphatic carbocycles. The number of carbonyl (C=O) groups excluding carboxylic acids is 2. The van der Waals surface area contributed by atoms with Crippen molar-refractivity contribution < 1.29 is 19.1 Å². The second kappa shape index (κ2) is 7.35. The molecule has 5 rings (SSSR count). The van der Waals surface area contributed by atoms with E-state index in [4.69, 9.17) is 9.47 Å². The van der Waals surface area contributed by atoms with E-state index in [0.717, 1.165) is 11.1 Å². The van der Waals surface area contributed by atoms with Crippen LogP contribution in [0.3, 0.4) is 0 Å². The molecule has 2 aromatic heterocycles. The molecule has 2 aliphatic rings. The van der Waals surface area contributed by atoms with Crippen molar-refractivity contribution in [2.75, 3.05) is 18.1 Å². The highest BCUT2D eigenvalue weighted by atomic mass is 16.6. The Hall–Kier alpha value is -4.02. The third kappa shape index (κ3) is 3.33. The molecule has 2 amide bonds. The Kier molecular flexibility index (Phi) is 4.50. The zero-order valence-electron chi connectivity index (χ0n) is 16.8. The normalized spacial score (nSPS) is 19.3. The van der Waals surface area contributed by atoms with E-state index in [9.17, 15) is 9.59 Å². The molecule has 0 radical (unpaired) electrons. The summed E-state index contributed by atoms with van der Waals surface area (Å²) in [5, 5.41) is 14.1. The standard InChI is InChI=1S/C20H19N7O4/c1-11(28)21-9-18-16-10-30-17-7-12(4-6-15(17)27(16)20(29)31-18)13-3-5-14(22-8-13)19-23-24-25-26(19)2/h3-8,16,18H,9-10H2,1-2H3,(H,21,28). The van der Waals surface area contributed by atoms with E-state index in [2.05, 4.69) is 25.8 Å². The molecule has 158 valence electrons. The number of fused-ring (bicyclic) bond motifs is 3. The number of carbonyl (C=O) groups is 2. The quantitative estimate of drug-likeness (QED) is 0.666. The van der Waals surface area contributed by atoms with Crippen LogP contribution in [0, 0.1) is 0 Å². The summed E-state index contributed by atoms with van der Waals surface area (Å²) in [5.74, 6) is 0.992. The molecule has 2 atom stereocenters. The number of nitrogens with one attached hydrogen (secondary N) is 1. The van der Waals surface area contributed by atoms with Gasteiger partial charge in [0.05, 0.1) is 12.2 Å². The van der Waals surface area contributed by atoms with Crippen molar-refractivity contribution in [2.24, 2.45) is 7.05 Å². The van der Waals surface area contributed by atoms with Crippen LogP contribution in [-0.4, -0.2) is 62.5 Å². The van der Waals surface area contributed by atoms with E-state index in [1.54, 1.807) is 22.8 Å². The maximum atomic E-state index is 12.5. The van der Waals surface area contributed by atoms with Gasteiger partial charge in [-0.1, -0.05) is 12.1 Å². The largest absolute Gasteiger partial charge is 0.489 e. The van der Waals surface area contributed by atoms with Crippen molar-refractivity contribution in [1.82, 2.24) is 30.5 Å². The molecule has 1 N–H and O–H groups in total. The summed E-state index contributed by atoms with van der Waals surface area (Å²) in [7, 11) is 1.75. The van der Waals surface area contributed by atoms with E-state index in [1.165, 1.54) is 6.92 Å². The molecule has 2 aliphatic heterocycles. The summed E-state index contributed by atoms with van der Waals surface area (Å²) >= 11 is 0. The molecule has 0 bridgehead atoms. The van der Waals surface area contributed by atoms with Crippen molar-refractivity contribution in [3.63, 3.8) is 0 Å². The second-order valence-corrected chi connectivity index (χ2v) is 7.35. The first kappa shape index (κ1) is 19.0. The number of pyridine rings is 1. The summed E-state index contributed by atoms with van der Waals surface area (Å²) in [6.45, 7) is 1.95. The topological polar surface area (TPSA) is 124 Å². The van der Waals surface area contributed by atoms with Crippen LogP contribution in [0.15, 0.2) is 36.5 Å². The van der Waals surface area contributed by atoms with Gasteiger partial charge in [-0.25, -0.2) is 9.48 Å². The number of hydrogen-bond donors (Lipinski definition) is 1. The number of anilines is 1. The van der Waals surface area contributed by atoms with Gasteiger partial charge in [0, 0.05) is 25.7 Å². The monoisotopic (exact) mass is 421 g/mol. The van der Waals surface area contributed by atoms with Crippen molar-refractivity contribution in [2.45, 2.75) is 19.1 Å². The lowest BCUT2D eigenvalue weighted by Gasteiger charge is -2.31. The molecule has 11 nitrogen and oxygen atoms in total. The van der Waals surface area contributed by atoms with E-state index >= 15 is 0 Å². The first-order valence-electron chi connectivity index (χ1n) is 9.71. The molecule has 1 aromatic carbocycles. The molecule has 0 saturated carbocycles. The SMILES string of the molecule is CC(=O)NCC1OC(=O)N2c3ccc(-c4ccc(-c5nnnn5C)nc4)cc3OCC12. The van der Waals surface area contributed by atoms with Crippen LogP contribution in [0.25, 0.3) is 22.6 Å². The summed E-state index contributed by atoms with van der Waals surface area (Å²) in [6.07, 6.45) is 0.835. The first-order chi connectivity index (χ1) is 15.0. The fourth-order valence-corrected chi connectivity index (χ4v) is 3.77. The van der Waals surface area contributed by atoms with Crippen LogP contribution in [0.1, 0.15) is 6.92 Å². The van der Waals surface area contributed by atoms with Gasteiger partial charge in [0.1, 0.15) is 30.2 Å². The maximum Gasteiger partial charge on any atom is 0.415 e. The fraction of sp³-hybridized carbons (Fsp3) is 0.300. The van der Waals surface area contributed by atoms with Crippen molar-refractivity contribution in [1.29, 1.82) is 0 Å². The third-order valence-corrected chi connectivity index (χ3v) is 5.34. The molecular weight excluding hydrogens is 402 g/mol. The Balaban J connectivity index is 1.39. The van der Waals surface area contributed by atoms with Crippen LogP contribution in [0.5, 0.6) is 5.75 Å². The molecule has 1 saturated heterocycles. The predicted octanol–water partition coefficient (Wildman–Crippen LogP) is 1.16. The molecule has 4 heterocycles. The van der Waals surface area contributed by atoms with E-state index < -0.39 is 12.2 Å². The highest BCUT2D eigenvalue weighted by Crippen LogP contribution is 2.41. The number of aromatic nitrogens is 5. The molecular formula is C20H19N7O4. The van der Waals surface area contributed by atoms with Crippen LogP contribution in [0.2, 0.25) is 0 Å². The van der Waals surface area contributed by atoms with Gasteiger partial charge in [-0.05, 0) is 34.2 Å². The van der Waals surface area contributed by atoms with Crippen molar-refractivity contribution in [3.8, 4) is 28.4 Å². The average Bonchev–Trinajstić information content (AvgIpc) is 3.35. The van der Waals surface area contributed by atoms with Gasteiger partial charge >= 0.3 is 6.09 Å². The minimum atomic E-state index is -0.462. The smallest absolute Gasteiger partial charge is 0.415 e. The van der Waals surface area contributed by atoms with E-state index in [1.807, 2.05) is 30.3 Å². The van der Waals surface area contributed by atoms with Crippen LogP contribution in [-0.2, 0) is 16.6 Å². The lowest BCUT2D eigenvalue weighted by atomic mass is 10.0. The highest BCUT2D eigenvalue weighted by Gasteiger charge is 2.46. The Morgan fingerprint density at radius 1 is 1.26 bits per heavy atom. The van der Waals surface area contributed by atoms with Crippen molar-refractivity contribution in [3.05, 3.63) is 36.5 Å². The number of cyclic esters (lactones) is 1. The fourth-order valence-electron chi connectivity index (χ4n) is 3.77. The molecule has 0 spiro atoms. The van der Waals surface area contributed by atoms with Crippen molar-refractivity contribution >= 4 is 17.7 Å². The third-order valence-electron chi connectivity index (χ3n) is 5.34. The van der Waals surface area contributed by atoms with Crippen LogP contribution < -0.4 is 15.0 Å². The number of amides is 2. The lowest BCUT2D eigenvalue weighted by Crippen LogP contribution is -2.47. The highest BCUT2D eigenvalue weighted by molar-refractivity contribution is 5.94. The molecule has 1 fully saturated rings. The van der Waals surface area contributed by atoms with Gasteiger partial charge in [-0.15, -0.1) is 5.10 Å². The van der Waals surface area contributed by atoms with Gasteiger partial charge < -0.3 is 14.8 Å². The summed E-state index contributed by atoms with van der Waals surface area (Å²) < 4.78 is 13.0. The molecule has 11 heteroatoms. The molecule has 31 heavy (non-hydrogen) atoms.